The number of rotatable bonds is 4. The zero-order chi connectivity index (χ0) is 9.15. The molecule has 2 rings (SSSR count). The van der Waals surface area contributed by atoms with Gasteiger partial charge >= 0.3 is 0 Å². The van der Waals surface area contributed by atoms with Crippen LogP contribution in [0, 0.1) is 5.41 Å². The Bertz CT molecular complexity index is 234. The van der Waals surface area contributed by atoms with E-state index in [2.05, 4.69) is 25.2 Å². The molecule has 13 heavy (non-hydrogen) atoms. The largest absolute Gasteiger partial charge is 0.381 e. The molecule has 0 aromatic heterocycles. The summed E-state index contributed by atoms with van der Waals surface area (Å²) in [5.74, 6) is 0. The fraction of sp³-hybridized carbons (Fsp3) is 0.667. The van der Waals surface area contributed by atoms with Crippen LogP contribution in [0.15, 0.2) is 23.8 Å². The molecule has 1 heteroatoms. The van der Waals surface area contributed by atoms with Gasteiger partial charge in [-0.2, -0.15) is 0 Å². The van der Waals surface area contributed by atoms with Crippen LogP contribution in [-0.4, -0.2) is 13.2 Å². The second-order valence-corrected chi connectivity index (χ2v) is 4.06. The average molecular weight is 178 g/mol. The van der Waals surface area contributed by atoms with Crippen molar-refractivity contribution in [2.24, 2.45) is 5.41 Å². The maximum absolute atomic E-state index is 5.54. The molecule has 0 spiro atoms. The van der Waals surface area contributed by atoms with E-state index in [9.17, 15) is 0 Å². The van der Waals surface area contributed by atoms with E-state index in [1.54, 1.807) is 0 Å². The molecule has 0 aromatic rings. The monoisotopic (exact) mass is 178 g/mol. The molecular weight excluding hydrogens is 160 g/mol. The first-order valence-corrected chi connectivity index (χ1v) is 5.32. The van der Waals surface area contributed by atoms with E-state index in [4.69, 9.17) is 4.74 Å². The topological polar surface area (TPSA) is 9.23 Å². The molecule has 1 saturated carbocycles. The molecule has 0 N–H and O–H groups in total. The van der Waals surface area contributed by atoms with Crippen molar-refractivity contribution in [3.63, 3.8) is 0 Å². The smallest absolute Gasteiger partial charge is 0.0562 e. The van der Waals surface area contributed by atoms with Crippen molar-refractivity contribution in [2.75, 3.05) is 13.2 Å². The Balaban J connectivity index is 1.98. The van der Waals surface area contributed by atoms with Gasteiger partial charge in [0, 0.05) is 12.0 Å². The quantitative estimate of drug-likeness (QED) is 0.643. The van der Waals surface area contributed by atoms with Crippen molar-refractivity contribution in [2.45, 2.75) is 32.6 Å². The number of hydrogen-bond acceptors (Lipinski definition) is 1. The Morgan fingerprint density at radius 1 is 1.38 bits per heavy atom. The molecular formula is C12H18O. The summed E-state index contributed by atoms with van der Waals surface area (Å²) in [5.41, 5.74) is 1.96. The summed E-state index contributed by atoms with van der Waals surface area (Å²) in [4.78, 5) is 0. The lowest BCUT2D eigenvalue weighted by Crippen LogP contribution is -2.13. The van der Waals surface area contributed by atoms with Crippen LogP contribution in [0.3, 0.4) is 0 Å². The number of ether oxygens (including phenoxy) is 1. The zero-order valence-corrected chi connectivity index (χ0v) is 8.38. The van der Waals surface area contributed by atoms with E-state index in [0.717, 1.165) is 13.2 Å². The summed E-state index contributed by atoms with van der Waals surface area (Å²) in [6.45, 7) is 3.85. The van der Waals surface area contributed by atoms with Crippen molar-refractivity contribution in [3.05, 3.63) is 23.8 Å². The third-order valence-corrected chi connectivity index (χ3v) is 3.04. The van der Waals surface area contributed by atoms with Gasteiger partial charge in [-0.15, -0.1) is 0 Å². The fourth-order valence-electron chi connectivity index (χ4n) is 1.97. The summed E-state index contributed by atoms with van der Waals surface area (Å²) in [7, 11) is 0. The Morgan fingerprint density at radius 2 is 2.23 bits per heavy atom. The molecule has 72 valence electrons. The Labute approximate surface area is 80.5 Å². The van der Waals surface area contributed by atoms with Crippen LogP contribution in [0.4, 0.5) is 0 Å². The van der Waals surface area contributed by atoms with Crippen LogP contribution in [-0.2, 0) is 4.74 Å². The van der Waals surface area contributed by atoms with E-state index in [0.29, 0.717) is 5.41 Å². The first-order chi connectivity index (χ1) is 6.37. The third kappa shape index (κ3) is 1.86. The molecule has 0 atom stereocenters. The van der Waals surface area contributed by atoms with Gasteiger partial charge in [-0.1, -0.05) is 18.2 Å². The van der Waals surface area contributed by atoms with Gasteiger partial charge in [-0.25, -0.2) is 0 Å². The minimum Gasteiger partial charge on any atom is -0.381 e. The summed E-state index contributed by atoms with van der Waals surface area (Å²) < 4.78 is 5.54. The highest BCUT2D eigenvalue weighted by atomic mass is 16.5. The normalized spacial score (nSPS) is 24.2. The lowest BCUT2D eigenvalue weighted by Gasteiger charge is -2.18. The van der Waals surface area contributed by atoms with Crippen LogP contribution < -0.4 is 0 Å². The van der Waals surface area contributed by atoms with Crippen LogP contribution >= 0.6 is 0 Å². The van der Waals surface area contributed by atoms with Crippen LogP contribution in [0.1, 0.15) is 32.6 Å². The van der Waals surface area contributed by atoms with Crippen molar-refractivity contribution in [1.82, 2.24) is 0 Å². The molecule has 2 aliphatic rings. The fourth-order valence-corrected chi connectivity index (χ4v) is 1.97. The SMILES string of the molecule is CCOCC1(C2=CCCC=C2)CC1. The van der Waals surface area contributed by atoms with Gasteiger partial charge in [0.25, 0.3) is 0 Å². The maximum atomic E-state index is 5.54. The first-order valence-electron chi connectivity index (χ1n) is 5.32. The summed E-state index contributed by atoms with van der Waals surface area (Å²) in [6, 6.07) is 0. The molecule has 0 aliphatic heterocycles. The van der Waals surface area contributed by atoms with E-state index in [-0.39, 0.29) is 0 Å². The van der Waals surface area contributed by atoms with E-state index in [1.807, 2.05) is 0 Å². The molecule has 0 heterocycles. The van der Waals surface area contributed by atoms with Gasteiger partial charge in [0.2, 0.25) is 0 Å². The predicted octanol–water partition coefficient (Wildman–Crippen LogP) is 3.08. The van der Waals surface area contributed by atoms with Crippen molar-refractivity contribution >= 4 is 0 Å². The predicted molar refractivity (Wildman–Crippen MR) is 54.6 cm³/mol. The highest BCUT2D eigenvalue weighted by molar-refractivity contribution is 5.34. The van der Waals surface area contributed by atoms with Gasteiger partial charge in [-0.05, 0) is 38.2 Å². The summed E-state index contributed by atoms with van der Waals surface area (Å²) in [6.07, 6.45) is 12.1. The first kappa shape index (κ1) is 9.01. The Kier molecular flexibility index (Phi) is 2.54. The van der Waals surface area contributed by atoms with Crippen molar-refractivity contribution in [1.29, 1.82) is 0 Å². The van der Waals surface area contributed by atoms with E-state index in [1.165, 1.54) is 31.3 Å². The molecule has 0 radical (unpaired) electrons. The number of allylic oxidation sites excluding steroid dienone is 3. The Morgan fingerprint density at radius 3 is 2.77 bits per heavy atom. The molecule has 0 amide bonds. The minimum absolute atomic E-state index is 0.424. The van der Waals surface area contributed by atoms with Crippen LogP contribution in [0.2, 0.25) is 0 Å². The molecule has 0 aromatic carbocycles. The van der Waals surface area contributed by atoms with Crippen molar-refractivity contribution < 1.29 is 4.74 Å². The molecule has 0 bridgehead atoms. The van der Waals surface area contributed by atoms with Crippen molar-refractivity contribution in [3.8, 4) is 0 Å². The summed E-state index contributed by atoms with van der Waals surface area (Å²) >= 11 is 0. The Hall–Kier alpha value is -0.560. The van der Waals surface area contributed by atoms with E-state index < -0.39 is 0 Å². The summed E-state index contributed by atoms with van der Waals surface area (Å²) in [5, 5.41) is 0. The molecule has 0 unspecified atom stereocenters. The van der Waals surface area contributed by atoms with Gasteiger partial charge in [0.05, 0.1) is 6.61 Å². The molecule has 0 saturated heterocycles. The van der Waals surface area contributed by atoms with Gasteiger partial charge in [-0.3, -0.25) is 0 Å². The second kappa shape index (κ2) is 3.67. The average Bonchev–Trinajstić information content (AvgIpc) is 2.97. The number of hydrogen-bond donors (Lipinski definition) is 0. The molecule has 1 fully saturated rings. The third-order valence-electron chi connectivity index (χ3n) is 3.04. The second-order valence-electron chi connectivity index (χ2n) is 4.06. The lowest BCUT2D eigenvalue weighted by atomic mass is 9.92. The van der Waals surface area contributed by atoms with Gasteiger partial charge in [0.15, 0.2) is 0 Å². The minimum atomic E-state index is 0.424. The zero-order valence-electron chi connectivity index (χ0n) is 8.38. The lowest BCUT2D eigenvalue weighted by molar-refractivity contribution is 0.114. The molecule has 1 nitrogen and oxygen atoms in total. The molecule has 2 aliphatic carbocycles. The maximum Gasteiger partial charge on any atom is 0.0562 e. The standard InChI is InChI=1S/C12H18O/c1-2-13-10-12(8-9-12)11-6-4-3-5-7-11/h4,6-7H,2-3,5,8-10H2,1H3. The highest BCUT2D eigenvalue weighted by Gasteiger charge is 2.45. The van der Waals surface area contributed by atoms with Crippen LogP contribution in [0.25, 0.3) is 0 Å². The van der Waals surface area contributed by atoms with Crippen LogP contribution in [0.5, 0.6) is 0 Å². The highest BCUT2D eigenvalue weighted by Crippen LogP contribution is 2.53. The van der Waals surface area contributed by atoms with Gasteiger partial charge < -0.3 is 4.74 Å². The van der Waals surface area contributed by atoms with Gasteiger partial charge in [0.1, 0.15) is 0 Å². The van der Waals surface area contributed by atoms with E-state index >= 15 is 0 Å².